The van der Waals surface area contributed by atoms with Crippen LogP contribution in [0.4, 0.5) is 0 Å². The summed E-state index contributed by atoms with van der Waals surface area (Å²) < 4.78 is 26.9. The molecule has 118 valence electrons. The van der Waals surface area contributed by atoms with Crippen LogP contribution in [0.2, 0.25) is 10.0 Å². The lowest BCUT2D eigenvalue weighted by molar-refractivity contribution is 0.383. The molecule has 0 aromatic heterocycles. The molecule has 0 aliphatic carbocycles. The summed E-state index contributed by atoms with van der Waals surface area (Å²) in [6.45, 7) is 7.83. The minimum atomic E-state index is -3.71. The molecule has 0 bridgehead atoms. The molecule has 0 amide bonds. The first-order valence-corrected chi connectivity index (χ1v) is 8.71. The Morgan fingerprint density at radius 1 is 1.38 bits per heavy atom. The molecule has 1 aromatic rings. The van der Waals surface area contributed by atoms with Gasteiger partial charge < -0.3 is 5.32 Å². The van der Waals surface area contributed by atoms with E-state index in [1.54, 1.807) is 33.0 Å². The fraction of sp³-hybridized carbons (Fsp3) is 0.429. The molecule has 4 nitrogen and oxygen atoms in total. The van der Waals surface area contributed by atoms with E-state index in [1.807, 2.05) is 0 Å². The summed E-state index contributed by atoms with van der Waals surface area (Å²) in [6.07, 6.45) is 1.55. The van der Waals surface area contributed by atoms with Crippen molar-refractivity contribution in [2.45, 2.75) is 31.3 Å². The standard InChI is InChI=1S/C14H20Cl2N2O2S/c1-5-8-18(10(2)3)21(19,20)13-7-6-12(15)11(9-17-4)14(13)16/h5-7,10,17H,1,8-9H2,2-4H3. The van der Waals surface area contributed by atoms with Crippen molar-refractivity contribution in [3.63, 3.8) is 0 Å². The van der Waals surface area contributed by atoms with Crippen LogP contribution in [0, 0.1) is 0 Å². The Hall–Kier alpha value is -0.590. The molecule has 0 atom stereocenters. The Balaban J connectivity index is 3.44. The third-order valence-electron chi connectivity index (χ3n) is 2.98. The highest BCUT2D eigenvalue weighted by molar-refractivity contribution is 7.89. The lowest BCUT2D eigenvalue weighted by Gasteiger charge is -2.25. The lowest BCUT2D eigenvalue weighted by atomic mass is 10.2. The van der Waals surface area contributed by atoms with Crippen LogP contribution >= 0.6 is 23.2 Å². The van der Waals surface area contributed by atoms with Gasteiger partial charge in [-0.25, -0.2) is 8.42 Å². The third kappa shape index (κ3) is 3.99. The number of nitrogens with one attached hydrogen (secondary N) is 1. The van der Waals surface area contributed by atoms with Gasteiger partial charge in [-0.15, -0.1) is 6.58 Å². The molecule has 0 radical (unpaired) electrons. The van der Waals surface area contributed by atoms with Crippen molar-refractivity contribution < 1.29 is 8.42 Å². The Morgan fingerprint density at radius 3 is 2.48 bits per heavy atom. The minimum Gasteiger partial charge on any atom is -0.316 e. The first-order valence-electron chi connectivity index (χ1n) is 6.51. The van der Waals surface area contributed by atoms with Gasteiger partial charge in [-0.1, -0.05) is 29.3 Å². The zero-order chi connectivity index (χ0) is 16.2. The first-order chi connectivity index (χ1) is 9.77. The SMILES string of the molecule is C=CCN(C(C)C)S(=O)(=O)c1ccc(Cl)c(CNC)c1Cl. The molecule has 0 heterocycles. The van der Waals surface area contributed by atoms with Gasteiger partial charge in [-0.2, -0.15) is 4.31 Å². The van der Waals surface area contributed by atoms with E-state index in [0.717, 1.165) is 0 Å². The van der Waals surface area contributed by atoms with E-state index >= 15 is 0 Å². The number of nitrogens with zero attached hydrogens (tertiary/aromatic N) is 1. The highest BCUT2D eigenvalue weighted by Gasteiger charge is 2.29. The maximum atomic E-state index is 12.8. The van der Waals surface area contributed by atoms with Gasteiger partial charge in [0.1, 0.15) is 4.90 Å². The van der Waals surface area contributed by atoms with E-state index in [1.165, 1.54) is 10.4 Å². The van der Waals surface area contributed by atoms with Crippen LogP contribution < -0.4 is 5.32 Å². The fourth-order valence-corrected chi connectivity index (χ4v) is 4.45. The Bertz CT molecular complexity index is 616. The molecule has 21 heavy (non-hydrogen) atoms. The van der Waals surface area contributed by atoms with Crippen LogP contribution in [-0.2, 0) is 16.6 Å². The number of rotatable bonds is 7. The van der Waals surface area contributed by atoms with Gasteiger partial charge in [0.15, 0.2) is 0 Å². The number of sulfonamides is 1. The predicted molar refractivity (Wildman–Crippen MR) is 88.5 cm³/mol. The van der Waals surface area contributed by atoms with E-state index in [4.69, 9.17) is 23.2 Å². The molecule has 0 saturated carbocycles. The van der Waals surface area contributed by atoms with Gasteiger partial charge >= 0.3 is 0 Å². The molecule has 0 saturated heterocycles. The van der Waals surface area contributed by atoms with Crippen LogP contribution in [0.25, 0.3) is 0 Å². The van der Waals surface area contributed by atoms with Crippen molar-refractivity contribution >= 4 is 33.2 Å². The minimum absolute atomic E-state index is 0.0642. The summed E-state index contributed by atoms with van der Waals surface area (Å²) in [4.78, 5) is 0.0642. The van der Waals surface area contributed by atoms with E-state index in [0.29, 0.717) is 17.1 Å². The third-order valence-corrected chi connectivity index (χ3v) is 5.96. The summed E-state index contributed by atoms with van der Waals surface area (Å²) >= 11 is 12.4. The monoisotopic (exact) mass is 350 g/mol. The highest BCUT2D eigenvalue weighted by Crippen LogP contribution is 2.33. The molecule has 7 heteroatoms. The maximum absolute atomic E-state index is 12.8. The summed E-state index contributed by atoms with van der Waals surface area (Å²) in [7, 11) is -1.96. The van der Waals surface area contributed by atoms with E-state index < -0.39 is 10.0 Å². The smallest absolute Gasteiger partial charge is 0.245 e. The van der Waals surface area contributed by atoms with E-state index in [2.05, 4.69) is 11.9 Å². The van der Waals surface area contributed by atoms with Crippen molar-refractivity contribution in [1.29, 1.82) is 0 Å². The highest BCUT2D eigenvalue weighted by atomic mass is 35.5. The predicted octanol–water partition coefficient (Wildman–Crippen LogP) is 3.30. The molecule has 1 rings (SSSR count). The molecule has 0 aliphatic rings. The van der Waals surface area contributed by atoms with Crippen molar-refractivity contribution in [2.75, 3.05) is 13.6 Å². The number of halogens is 2. The van der Waals surface area contributed by atoms with Gasteiger partial charge in [-0.3, -0.25) is 0 Å². The van der Waals surface area contributed by atoms with Gasteiger partial charge in [0.05, 0.1) is 5.02 Å². The maximum Gasteiger partial charge on any atom is 0.245 e. The molecule has 0 spiro atoms. The Kier molecular flexibility index (Phi) is 6.69. The summed E-state index contributed by atoms with van der Waals surface area (Å²) in [6, 6.07) is 2.80. The largest absolute Gasteiger partial charge is 0.316 e. The second-order valence-electron chi connectivity index (χ2n) is 4.83. The van der Waals surface area contributed by atoms with Crippen LogP contribution in [0.3, 0.4) is 0 Å². The van der Waals surface area contributed by atoms with Crippen LogP contribution in [0.5, 0.6) is 0 Å². The van der Waals surface area contributed by atoms with E-state index in [-0.39, 0.29) is 22.5 Å². The molecule has 0 unspecified atom stereocenters. The topological polar surface area (TPSA) is 49.4 Å². The molecule has 0 fully saturated rings. The quantitative estimate of drug-likeness (QED) is 0.767. The summed E-state index contributed by atoms with van der Waals surface area (Å²) in [5.74, 6) is 0. The average Bonchev–Trinajstić information content (AvgIpc) is 2.39. The summed E-state index contributed by atoms with van der Waals surface area (Å²) in [5.41, 5.74) is 0.573. The van der Waals surface area contributed by atoms with Crippen molar-refractivity contribution in [1.82, 2.24) is 9.62 Å². The van der Waals surface area contributed by atoms with Crippen LogP contribution in [-0.4, -0.2) is 32.4 Å². The second-order valence-corrected chi connectivity index (χ2v) is 7.47. The first kappa shape index (κ1) is 18.5. The lowest BCUT2D eigenvalue weighted by Crippen LogP contribution is -2.37. The van der Waals surface area contributed by atoms with Crippen LogP contribution in [0.1, 0.15) is 19.4 Å². The number of hydrogen-bond donors (Lipinski definition) is 1. The molecular formula is C14H20Cl2N2O2S. The van der Waals surface area contributed by atoms with Gasteiger partial charge in [-0.05, 0) is 33.0 Å². The fourth-order valence-electron chi connectivity index (χ4n) is 1.95. The second kappa shape index (κ2) is 7.61. The van der Waals surface area contributed by atoms with Gasteiger partial charge in [0, 0.05) is 29.7 Å². The van der Waals surface area contributed by atoms with Crippen molar-refractivity contribution in [3.05, 3.63) is 40.4 Å². The molecule has 0 aliphatic heterocycles. The van der Waals surface area contributed by atoms with E-state index in [9.17, 15) is 8.42 Å². The number of hydrogen-bond acceptors (Lipinski definition) is 3. The van der Waals surface area contributed by atoms with Crippen LogP contribution in [0.15, 0.2) is 29.7 Å². The Labute approximate surface area is 136 Å². The molecule has 1 aromatic carbocycles. The van der Waals surface area contributed by atoms with Gasteiger partial charge in [0.25, 0.3) is 0 Å². The Morgan fingerprint density at radius 2 is 2.00 bits per heavy atom. The molecule has 1 N–H and O–H groups in total. The van der Waals surface area contributed by atoms with Crippen molar-refractivity contribution in [3.8, 4) is 0 Å². The zero-order valence-corrected chi connectivity index (χ0v) is 14.7. The average molecular weight is 351 g/mol. The van der Waals surface area contributed by atoms with Crippen molar-refractivity contribution in [2.24, 2.45) is 0 Å². The number of benzene rings is 1. The molecular weight excluding hydrogens is 331 g/mol. The zero-order valence-electron chi connectivity index (χ0n) is 12.4. The summed E-state index contributed by atoms with van der Waals surface area (Å²) in [5, 5.41) is 3.52. The normalized spacial score (nSPS) is 12.1. The van der Waals surface area contributed by atoms with Gasteiger partial charge in [0.2, 0.25) is 10.0 Å².